The minimum absolute atomic E-state index is 0.126. The fraction of sp³-hybridized carbons (Fsp3) is 0.429. The standard InChI is InChI=1S/C21H25N3O2/c1-3-24(4-2)26-21(25)17-8-7-13-23(15-17)20-12-11-16(14-22)18-9-5-6-10-19(18)20/h5-6,9-12,17H,3-4,7-8,13,15H2,1-2H3. The number of nitriles is 1. The maximum absolute atomic E-state index is 12.5. The predicted octanol–water partition coefficient (Wildman–Crippen LogP) is 3.73. The Morgan fingerprint density at radius 2 is 1.96 bits per heavy atom. The molecule has 26 heavy (non-hydrogen) atoms. The first kappa shape index (κ1) is 18.2. The second-order valence-electron chi connectivity index (χ2n) is 6.60. The number of rotatable bonds is 5. The van der Waals surface area contributed by atoms with Crippen LogP contribution in [0.5, 0.6) is 0 Å². The number of hydrogen-bond acceptors (Lipinski definition) is 5. The molecule has 5 heteroatoms. The van der Waals surface area contributed by atoms with Gasteiger partial charge in [0.2, 0.25) is 0 Å². The first-order chi connectivity index (χ1) is 12.7. The lowest BCUT2D eigenvalue weighted by Crippen LogP contribution is -2.41. The van der Waals surface area contributed by atoms with E-state index >= 15 is 0 Å². The molecule has 0 aliphatic carbocycles. The van der Waals surface area contributed by atoms with E-state index in [2.05, 4.69) is 11.0 Å². The van der Waals surface area contributed by atoms with Gasteiger partial charge >= 0.3 is 5.97 Å². The number of carbonyl (C=O) groups is 1. The highest BCUT2D eigenvalue weighted by Crippen LogP contribution is 2.32. The van der Waals surface area contributed by atoms with E-state index in [-0.39, 0.29) is 11.9 Å². The van der Waals surface area contributed by atoms with E-state index in [4.69, 9.17) is 4.84 Å². The van der Waals surface area contributed by atoms with Gasteiger partial charge in [0.05, 0.1) is 17.6 Å². The Hall–Kier alpha value is -2.58. The summed E-state index contributed by atoms with van der Waals surface area (Å²) >= 11 is 0. The lowest BCUT2D eigenvalue weighted by molar-refractivity contribution is -0.194. The highest BCUT2D eigenvalue weighted by molar-refractivity contribution is 5.98. The van der Waals surface area contributed by atoms with Crippen molar-refractivity contribution in [3.8, 4) is 6.07 Å². The zero-order valence-electron chi connectivity index (χ0n) is 15.4. The molecular formula is C21H25N3O2. The van der Waals surface area contributed by atoms with Crippen LogP contribution in [0.15, 0.2) is 36.4 Å². The van der Waals surface area contributed by atoms with Crippen molar-refractivity contribution in [2.24, 2.45) is 5.92 Å². The van der Waals surface area contributed by atoms with Crippen LogP contribution >= 0.6 is 0 Å². The molecule has 0 N–H and O–H groups in total. The van der Waals surface area contributed by atoms with Gasteiger partial charge in [-0.2, -0.15) is 5.26 Å². The molecule has 1 atom stereocenters. The minimum Gasteiger partial charge on any atom is -0.370 e. The summed E-state index contributed by atoms with van der Waals surface area (Å²) in [7, 11) is 0. The number of hydroxylamine groups is 2. The Balaban J connectivity index is 1.83. The third-order valence-electron chi connectivity index (χ3n) is 5.04. The van der Waals surface area contributed by atoms with Crippen molar-refractivity contribution in [3.63, 3.8) is 0 Å². The van der Waals surface area contributed by atoms with E-state index in [9.17, 15) is 10.1 Å². The van der Waals surface area contributed by atoms with Gasteiger partial charge < -0.3 is 9.74 Å². The zero-order valence-corrected chi connectivity index (χ0v) is 15.4. The molecule has 1 aliphatic rings. The number of benzene rings is 2. The van der Waals surface area contributed by atoms with Gasteiger partial charge in [0.1, 0.15) is 0 Å². The zero-order chi connectivity index (χ0) is 18.5. The first-order valence-electron chi connectivity index (χ1n) is 9.31. The molecule has 1 aliphatic heterocycles. The number of anilines is 1. The second-order valence-corrected chi connectivity index (χ2v) is 6.60. The Morgan fingerprint density at radius 3 is 2.65 bits per heavy atom. The largest absolute Gasteiger partial charge is 0.370 e. The number of piperidine rings is 1. The number of fused-ring (bicyclic) bond motifs is 1. The van der Waals surface area contributed by atoms with Crippen LogP contribution in [0.1, 0.15) is 32.3 Å². The van der Waals surface area contributed by atoms with Crippen LogP contribution < -0.4 is 4.90 Å². The van der Waals surface area contributed by atoms with Crippen LogP contribution in [0.4, 0.5) is 5.69 Å². The summed E-state index contributed by atoms with van der Waals surface area (Å²) in [6.45, 7) is 6.90. The van der Waals surface area contributed by atoms with Gasteiger partial charge in [-0.15, -0.1) is 5.06 Å². The Labute approximate surface area is 154 Å². The highest BCUT2D eigenvalue weighted by Gasteiger charge is 2.29. The van der Waals surface area contributed by atoms with Gasteiger partial charge in [-0.1, -0.05) is 24.3 Å². The van der Waals surface area contributed by atoms with E-state index in [1.807, 2.05) is 50.2 Å². The molecule has 136 valence electrons. The molecule has 0 aromatic heterocycles. The molecule has 1 fully saturated rings. The van der Waals surface area contributed by atoms with Crippen molar-refractivity contribution in [3.05, 3.63) is 42.0 Å². The highest BCUT2D eigenvalue weighted by atomic mass is 16.7. The Kier molecular flexibility index (Phi) is 5.75. The maximum Gasteiger partial charge on any atom is 0.329 e. The SMILES string of the molecule is CCN(CC)OC(=O)C1CCCN(c2ccc(C#N)c3ccccc23)C1. The summed E-state index contributed by atoms with van der Waals surface area (Å²) in [6, 6.07) is 14.1. The quantitative estimate of drug-likeness (QED) is 0.768. The van der Waals surface area contributed by atoms with Gasteiger partial charge in [0.15, 0.2) is 0 Å². The summed E-state index contributed by atoms with van der Waals surface area (Å²) in [4.78, 5) is 20.3. The average Bonchev–Trinajstić information content (AvgIpc) is 2.71. The predicted molar refractivity (Wildman–Crippen MR) is 103 cm³/mol. The van der Waals surface area contributed by atoms with E-state index < -0.39 is 0 Å². The first-order valence-corrected chi connectivity index (χ1v) is 9.31. The molecule has 0 bridgehead atoms. The molecule has 1 saturated heterocycles. The summed E-state index contributed by atoms with van der Waals surface area (Å²) in [5, 5.41) is 13.1. The number of nitrogens with zero attached hydrogens (tertiary/aromatic N) is 3. The van der Waals surface area contributed by atoms with Crippen molar-refractivity contribution in [2.75, 3.05) is 31.1 Å². The molecule has 0 amide bonds. The lowest BCUT2D eigenvalue weighted by atomic mass is 9.96. The molecule has 2 aromatic carbocycles. The fourth-order valence-electron chi connectivity index (χ4n) is 3.60. The van der Waals surface area contributed by atoms with Crippen LogP contribution in [0.3, 0.4) is 0 Å². The third-order valence-corrected chi connectivity index (χ3v) is 5.04. The van der Waals surface area contributed by atoms with Crippen LogP contribution in [0.25, 0.3) is 10.8 Å². The average molecular weight is 351 g/mol. The second kappa shape index (κ2) is 8.20. The van der Waals surface area contributed by atoms with Crippen molar-refractivity contribution in [2.45, 2.75) is 26.7 Å². The van der Waals surface area contributed by atoms with Crippen LogP contribution in [-0.4, -0.2) is 37.2 Å². The molecule has 0 radical (unpaired) electrons. The summed E-state index contributed by atoms with van der Waals surface area (Å²) in [5.41, 5.74) is 1.76. The van der Waals surface area contributed by atoms with Crippen molar-refractivity contribution in [1.82, 2.24) is 5.06 Å². The van der Waals surface area contributed by atoms with E-state index in [1.165, 1.54) is 0 Å². The molecule has 5 nitrogen and oxygen atoms in total. The minimum atomic E-state index is -0.142. The normalized spacial score (nSPS) is 17.3. The number of carbonyl (C=O) groups excluding carboxylic acids is 1. The Morgan fingerprint density at radius 1 is 1.23 bits per heavy atom. The van der Waals surface area contributed by atoms with E-state index in [0.29, 0.717) is 25.2 Å². The summed E-state index contributed by atoms with van der Waals surface area (Å²) < 4.78 is 0. The van der Waals surface area contributed by atoms with Crippen molar-refractivity contribution < 1.29 is 9.63 Å². The Bertz CT molecular complexity index is 824. The molecule has 3 rings (SSSR count). The third kappa shape index (κ3) is 3.66. The molecular weight excluding hydrogens is 326 g/mol. The molecule has 2 aromatic rings. The van der Waals surface area contributed by atoms with Crippen molar-refractivity contribution in [1.29, 1.82) is 5.26 Å². The van der Waals surface area contributed by atoms with E-state index in [1.54, 1.807) is 5.06 Å². The summed E-state index contributed by atoms with van der Waals surface area (Å²) in [6.07, 6.45) is 1.80. The van der Waals surface area contributed by atoms with Crippen LogP contribution in [0.2, 0.25) is 0 Å². The van der Waals surface area contributed by atoms with Gasteiger partial charge in [-0.3, -0.25) is 0 Å². The molecule has 0 saturated carbocycles. The van der Waals surface area contributed by atoms with Gasteiger partial charge in [0.25, 0.3) is 0 Å². The monoisotopic (exact) mass is 351 g/mol. The van der Waals surface area contributed by atoms with Crippen LogP contribution in [-0.2, 0) is 9.63 Å². The van der Waals surface area contributed by atoms with Gasteiger partial charge in [-0.25, -0.2) is 4.79 Å². The maximum atomic E-state index is 12.5. The lowest BCUT2D eigenvalue weighted by Gasteiger charge is -2.34. The molecule has 1 unspecified atom stereocenters. The number of hydrogen-bond donors (Lipinski definition) is 0. The van der Waals surface area contributed by atoms with Gasteiger partial charge in [-0.05, 0) is 38.8 Å². The van der Waals surface area contributed by atoms with Gasteiger partial charge in [0, 0.05) is 42.6 Å². The van der Waals surface area contributed by atoms with Crippen molar-refractivity contribution >= 4 is 22.4 Å². The topological polar surface area (TPSA) is 56.6 Å². The molecule has 0 spiro atoms. The summed E-state index contributed by atoms with van der Waals surface area (Å²) in [5.74, 6) is -0.268. The van der Waals surface area contributed by atoms with E-state index in [0.717, 1.165) is 35.8 Å². The molecule has 1 heterocycles. The van der Waals surface area contributed by atoms with Crippen LogP contribution in [0, 0.1) is 17.2 Å². The smallest absolute Gasteiger partial charge is 0.329 e. The fourth-order valence-corrected chi connectivity index (χ4v) is 3.60.